The monoisotopic (exact) mass is 403 g/mol. The fourth-order valence-electron chi connectivity index (χ4n) is 2.43. The third-order valence-electron chi connectivity index (χ3n) is 3.89. The van der Waals surface area contributed by atoms with Gasteiger partial charge in [-0.1, -0.05) is 72.3 Å². The molecule has 144 valence electrons. The SMILES string of the molecule is O=C(N/N=C/c1ccc(Cl)cc1)/C(=C\c1ccccc1)NC(=O)c1ccccc1. The van der Waals surface area contributed by atoms with E-state index in [-0.39, 0.29) is 11.6 Å². The Kier molecular flexibility index (Phi) is 6.92. The molecule has 0 saturated carbocycles. The number of carbonyl (C=O) groups excluding carboxylic acids is 2. The van der Waals surface area contributed by atoms with Gasteiger partial charge in [-0.3, -0.25) is 9.59 Å². The predicted octanol–water partition coefficient (Wildman–Crippen LogP) is 4.26. The van der Waals surface area contributed by atoms with Crippen LogP contribution in [0.3, 0.4) is 0 Å². The second-order valence-corrected chi connectivity index (χ2v) is 6.48. The normalized spacial score (nSPS) is 11.3. The van der Waals surface area contributed by atoms with E-state index in [1.54, 1.807) is 54.6 Å². The molecule has 2 amide bonds. The van der Waals surface area contributed by atoms with Gasteiger partial charge in [0, 0.05) is 10.6 Å². The lowest BCUT2D eigenvalue weighted by Crippen LogP contribution is -2.32. The summed E-state index contributed by atoms with van der Waals surface area (Å²) in [7, 11) is 0. The van der Waals surface area contributed by atoms with Crippen molar-refractivity contribution in [2.24, 2.45) is 5.10 Å². The van der Waals surface area contributed by atoms with Crippen molar-refractivity contribution >= 4 is 35.7 Å². The highest BCUT2D eigenvalue weighted by Gasteiger charge is 2.14. The standard InChI is InChI=1S/C23H18ClN3O2/c24-20-13-11-18(12-14-20)16-25-27-23(29)21(15-17-7-3-1-4-8-17)26-22(28)19-9-5-2-6-10-19/h1-16H,(H,26,28)(H,27,29)/b21-15+,25-16+. The lowest BCUT2D eigenvalue weighted by atomic mass is 10.1. The first kappa shape index (κ1) is 20.0. The molecular weight excluding hydrogens is 386 g/mol. The van der Waals surface area contributed by atoms with Crippen LogP contribution in [0, 0.1) is 0 Å². The Bertz CT molecular complexity index is 1030. The van der Waals surface area contributed by atoms with E-state index in [4.69, 9.17) is 11.6 Å². The van der Waals surface area contributed by atoms with E-state index in [1.165, 1.54) is 6.21 Å². The number of nitrogens with one attached hydrogen (secondary N) is 2. The summed E-state index contributed by atoms with van der Waals surface area (Å²) in [4.78, 5) is 25.1. The molecule has 5 nitrogen and oxygen atoms in total. The minimum atomic E-state index is -0.539. The van der Waals surface area contributed by atoms with Crippen molar-refractivity contribution in [3.8, 4) is 0 Å². The average Bonchev–Trinajstić information content (AvgIpc) is 2.76. The van der Waals surface area contributed by atoms with Crippen molar-refractivity contribution in [2.75, 3.05) is 0 Å². The maximum Gasteiger partial charge on any atom is 0.287 e. The van der Waals surface area contributed by atoms with E-state index < -0.39 is 5.91 Å². The number of hydrazone groups is 1. The van der Waals surface area contributed by atoms with Crippen LogP contribution in [0.1, 0.15) is 21.5 Å². The van der Waals surface area contributed by atoms with E-state index in [0.717, 1.165) is 11.1 Å². The topological polar surface area (TPSA) is 70.6 Å². The number of carbonyl (C=O) groups is 2. The van der Waals surface area contributed by atoms with E-state index in [0.29, 0.717) is 10.6 Å². The largest absolute Gasteiger partial charge is 0.317 e. The van der Waals surface area contributed by atoms with Crippen molar-refractivity contribution < 1.29 is 9.59 Å². The van der Waals surface area contributed by atoms with Crippen LogP contribution in [-0.2, 0) is 4.79 Å². The maximum atomic E-state index is 12.6. The van der Waals surface area contributed by atoms with Crippen molar-refractivity contribution in [1.29, 1.82) is 0 Å². The molecule has 0 aliphatic rings. The van der Waals surface area contributed by atoms with Crippen LogP contribution >= 0.6 is 11.6 Å². The van der Waals surface area contributed by atoms with Gasteiger partial charge in [0.25, 0.3) is 11.8 Å². The Labute approximate surface area is 173 Å². The van der Waals surface area contributed by atoms with Crippen LogP contribution in [-0.4, -0.2) is 18.0 Å². The second-order valence-electron chi connectivity index (χ2n) is 6.04. The summed E-state index contributed by atoms with van der Waals surface area (Å²) in [6, 6.07) is 24.9. The number of hydrogen-bond acceptors (Lipinski definition) is 3. The van der Waals surface area contributed by atoms with Crippen LogP contribution < -0.4 is 10.7 Å². The number of rotatable bonds is 6. The van der Waals surface area contributed by atoms with Gasteiger partial charge in [-0.15, -0.1) is 0 Å². The predicted molar refractivity (Wildman–Crippen MR) is 116 cm³/mol. The molecule has 3 aromatic carbocycles. The number of halogens is 1. The zero-order chi connectivity index (χ0) is 20.5. The smallest absolute Gasteiger partial charge is 0.287 e. The lowest BCUT2D eigenvalue weighted by molar-refractivity contribution is -0.117. The first-order valence-corrected chi connectivity index (χ1v) is 9.22. The molecule has 0 saturated heterocycles. The second kappa shape index (κ2) is 10.0. The van der Waals surface area contributed by atoms with E-state index in [9.17, 15) is 9.59 Å². The zero-order valence-corrected chi connectivity index (χ0v) is 16.1. The molecule has 6 heteroatoms. The third-order valence-corrected chi connectivity index (χ3v) is 4.14. The van der Waals surface area contributed by atoms with E-state index in [1.807, 2.05) is 36.4 Å². The first-order chi connectivity index (χ1) is 14.1. The molecule has 0 aliphatic heterocycles. The van der Waals surface area contributed by atoms with Crippen LogP contribution in [0.4, 0.5) is 0 Å². The van der Waals surface area contributed by atoms with Gasteiger partial charge in [0.2, 0.25) is 0 Å². The summed E-state index contributed by atoms with van der Waals surface area (Å²) in [5.74, 6) is -0.923. The molecule has 3 rings (SSSR count). The molecule has 0 fully saturated rings. The van der Waals surface area contributed by atoms with E-state index >= 15 is 0 Å². The number of hydrogen-bond donors (Lipinski definition) is 2. The van der Waals surface area contributed by atoms with Crippen molar-refractivity contribution in [3.63, 3.8) is 0 Å². The molecule has 29 heavy (non-hydrogen) atoms. The number of benzene rings is 3. The minimum Gasteiger partial charge on any atom is -0.317 e. The van der Waals surface area contributed by atoms with Gasteiger partial charge in [-0.25, -0.2) is 5.43 Å². The summed E-state index contributed by atoms with van der Waals surface area (Å²) in [5, 5.41) is 7.22. The highest BCUT2D eigenvalue weighted by molar-refractivity contribution is 6.30. The van der Waals surface area contributed by atoms with Crippen LogP contribution in [0.25, 0.3) is 6.08 Å². The molecular formula is C23H18ClN3O2. The highest BCUT2D eigenvalue weighted by Crippen LogP contribution is 2.09. The van der Waals surface area contributed by atoms with Crippen molar-refractivity contribution in [3.05, 3.63) is 112 Å². The van der Waals surface area contributed by atoms with Crippen LogP contribution in [0.5, 0.6) is 0 Å². The molecule has 0 heterocycles. The van der Waals surface area contributed by atoms with Gasteiger partial charge in [0.05, 0.1) is 6.21 Å². The maximum absolute atomic E-state index is 12.6. The van der Waals surface area contributed by atoms with Gasteiger partial charge in [0.1, 0.15) is 5.70 Å². The van der Waals surface area contributed by atoms with E-state index in [2.05, 4.69) is 15.8 Å². The van der Waals surface area contributed by atoms with Gasteiger partial charge < -0.3 is 5.32 Å². The highest BCUT2D eigenvalue weighted by atomic mass is 35.5. The zero-order valence-electron chi connectivity index (χ0n) is 15.4. The van der Waals surface area contributed by atoms with Crippen LogP contribution in [0.15, 0.2) is 95.7 Å². The average molecular weight is 404 g/mol. The lowest BCUT2D eigenvalue weighted by Gasteiger charge is -2.09. The molecule has 0 bridgehead atoms. The number of nitrogens with zero attached hydrogens (tertiary/aromatic N) is 1. The Morgan fingerprint density at radius 2 is 1.41 bits per heavy atom. The summed E-state index contributed by atoms with van der Waals surface area (Å²) >= 11 is 5.85. The Balaban J connectivity index is 1.76. The molecule has 0 unspecified atom stereocenters. The third kappa shape index (κ3) is 6.16. The Morgan fingerprint density at radius 3 is 2.07 bits per heavy atom. The molecule has 2 N–H and O–H groups in total. The Morgan fingerprint density at radius 1 is 0.793 bits per heavy atom. The molecule has 0 radical (unpaired) electrons. The van der Waals surface area contributed by atoms with Crippen LogP contribution in [0.2, 0.25) is 5.02 Å². The first-order valence-electron chi connectivity index (χ1n) is 8.84. The van der Waals surface area contributed by atoms with Crippen molar-refractivity contribution in [2.45, 2.75) is 0 Å². The summed E-state index contributed by atoms with van der Waals surface area (Å²) in [6.45, 7) is 0. The summed E-state index contributed by atoms with van der Waals surface area (Å²) in [6.07, 6.45) is 3.08. The minimum absolute atomic E-state index is 0.0818. The molecule has 3 aromatic rings. The fraction of sp³-hybridized carbons (Fsp3) is 0. The molecule has 0 aromatic heterocycles. The summed E-state index contributed by atoms with van der Waals surface area (Å²) < 4.78 is 0. The molecule has 0 atom stereocenters. The molecule has 0 spiro atoms. The van der Waals surface area contributed by atoms with Gasteiger partial charge in [-0.2, -0.15) is 5.10 Å². The molecule has 0 aliphatic carbocycles. The quantitative estimate of drug-likeness (QED) is 0.366. The number of amides is 2. The summed E-state index contributed by atoms with van der Waals surface area (Å²) in [5.41, 5.74) is 4.51. The fourth-order valence-corrected chi connectivity index (χ4v) is 2.56. The van der Waals surface area contributed by atoms with Gasteiger partial charge in [0.15, 0.2) is 0 Å². The van der Waals surface area contributed by atoms with Gasteiger partial charge >= 0.3 is 0 Å². The van der Waals surface area contributed by atoms with Crippen molar-refractivity contribution in [1.82, 2.24) is 10.7 Å². The van der Waals surface area contributed by atoms with Gasteiger partial charge in [-0.05, 0) is 41.5 Å². The Hall–Kier alpha value is -3.70.